The lowest BCUT2D eigenvalue weighted by molar-refractivity contribution is 0.196. The van der Waals surface area contributed by atoms with E-state index in [1.165, 1.54) is 0 Å². The molecular formula is C22H24N6O2. The smallest absolute Gasteiger partial charge is 0.317 e. The van der Waals surface area contributed by atoms with Gasteiger partial charge in [0.15, 0.2) is 0 Å². The Kier molecular flexibility index (Phi) is 5.74. The number of urea groups is 1. The molecule has 4 aromatic rings. The Morgan fingerprint density at radius 2 is 1.90 bits per heavy atom. The van der Waals surface area contributed by atoms with Crippen LogP contribution < -0.4 is 10.9 Å². The fourth-order valence-corrected chi connectivity index (χ4v) is 3.46. The Morgan fingerprint density at radius 1 is 1.13 bits per heavy atom. The van der Waals surface area contributed by atoms with Crippen molar-refractivity contribution >= 4 is 28.0 Å². The zero-order valence-electron chi connectivity index (χ0n) is 16.8. The van der Waals surface area contributed by atoms with Gasteiger partial charge in [-0.15, -0.1) is 0 Å². The first-order valence-corrected chi connectivity index (χ1v) is 10.1. The van der Waals surface area contributed by atoms with Crippen molar-refractivity contribution in [3.05, 3.63) is 71.0 Å². The third-order valence-electron chi connectivity index (χ3n) is 5.05. The van der Waals surface area contributed by atoms with Gasteiger partial charge in [0.1, 0.15) is 5.82 Å². The van der Waals surface area contributed by atoms with Gasteiger partial charge < -0.3 is 19.8 Å². The normalized spacial score (nSPS) is 11.1. The van der Waals surface area contributed by atoms with Crippen molar-refractivity contribution in [2.45, 2.75) is 26.4 Å². The summed E-state index contributed by atoms with van der Waals surface area (Å²) in [5.74, 6) is 0.473. The van der Waals surface area contributed by atoms with Crippen molar-refractivity contribution in [1.82, 2.24) is 29.7 Å². The molecule has 0 spiro atoms. The summed E-state index contributed by atoms with van der Waals surface area (Å²) in [6, 6.07) is 15.0. The average Bonchev–Trinajstić information content (AvgIpc) is 3.18. The SMILES string of the molecule is CCN(Cc1nc2ccccc2c(=O)[nH]1)C(=O)NCCCn1cnc2ccccc21. The third-order valence-corrected chi connectivity index (χ3v) is 5.05. The molecule has 2 aromatic carbocycles. The summed E-state index contributed by atoms with van der Waals surface area (Å²) in [6.07, 6.45) is 2.61. The van der Waals surface area contributed by atoms with Crippen LogP contribution in [0.25, 0.3) is 21.9 Å². The molecule has 4 rings (SSSR count). The van der Waals surface area contributed by atoms with Crippen LogP contribution in [0.5, 0.6) is 0 Å². The van der Waals surface area contributed by atoms with E-state index in [1.807, 2.05) is 43.6 Å². The maximum absolute atomic E-state index is 12.6. The van der Waals surface area contributed by atoms with E-state index in [0.29, 0.717) is 29.8 Å². The number of para-hydroxylation sites is 3. The Morgan fingerprint density at radius 3 is 2.73 bits per heavy atom. The van der Waals surface area contributed by atoms with Crippen molar-refractivity contribution in [2.75, 3.05) is 13.1 Å². The number of aryl methyl sites for hydroxylation is 1. The van der Waals surface area contributed by atoms with Crippen LogP contribution in [0, 0.1) is 0 Å². The molecule has 0 bridgehead atoms. The molecule has 0 radical (unpaired) electrons. The minimum absolute atomic E-state index is 0.177. The first-order chi connectivity index (χ1) is 14.7. The number of aromatic amines is 1. The second-order valence-corrected chi connectivity index (χ2v) is 7.06. The summed E-state index contributed by atoms with van der Waals surface area (Å²) in [6.45, 7) is 3.97. The Bertz CT molecular complexity index is 1230. The second-order valence-electron chi connectivity index (χ2n) is 7.06. The lowest BCUT2D eigenvalue weighted by Gasteiger charge is -2.21. The first kappa shape index (κ1) is 19.6. The van der Waals surface area contributed by atoms with E-state index in [9.17, 15) is 9.59 Å². The van der Waals surface area contributed by atoms with Crippen molar-refractivity contribution in [1.29, 1.82) is 0 Å². The molecule has 154 valence electrons. The number of amides is 2. The van der Waals surface area contributed by atoms with E-state index in [2.05, 4.69) is 24.8 Å². The lowest BCUT2D eigenvalue weighted by Crippen LogP contribution is -2.40. The van der Waals surface area contributed by atoms with Crippen LogP contribution in [0.3, 0.4) is 0 Å². The van der Waals surface area contributed by atoms with E-state index in [1.54, 1.807) is 23.1 Å². The highest BCUT2D eigenvalue weighted by molar-refractivity contribution is 5.77. The summed E-state index contributed by atoms with van der Waals surface area (Å²) in [5.41, 5.74) is 2.49. The van der Waals surface area contributed by atoms with Crippen LogP contribution in [0.1, 0.15) is 19.2 Å². The number of nitrogens with one attached hydrogen (secondary N) is 2. The molecule has 0 saturated carbocycles. The highest BCUT2D eigenvalue weighted by Gasteiger charge is 2.14. The predicted octanol–water partition coefficient (Wildman–Crippen LogP) is 2.89. The van der Waals surface area contributed by atoms with Gasteiger partial charge in [-0.05, 0) is 37.6 Å². The number of hydrogen-bond donors (Lipinski definition) is 2. The van der Waals surface area contributed by atoms with Gasteiger partial charge in [0.25, 0.3) is 5.56 Å². The molecule has 8 nitrogen and oxygen atoms in total. The van der Waals surface area contributed by atoms with Gasteiger partial charge in [0.05, 0.1) is 34.8 Å². The molecule has 2 heterocycles. The number of rotatable bonds is 7. The molecule has 0 saturated heterocycles. The second kappa shape index (κ2) is 8.77. The Balaban J connectivity index is 1.33. The van der Waals surface area contributed by atoms with E-state index in [4.69, 9.17) is 0 Å². The number of carbonyl (C=O) groups is 1. The summed E-state index contributed by atoms with van der Waals surface area (Å²) >= 11 is 0. The number of hydrogen-bond acceptors (Lipinski definition) is 4. The van der Waals surface area contributed by atoms with Gasteiger partial charge in [0, 0.05) is 19.6 Å². The summed E-state index contributed by atoms with van der Waals surface area (Å²) < 4.78 is 2.09. The monoisotopic (exact) mass is 404 g/mol. The number of aromatic nitrogens is 4. The number of carbonyl (C=O) groups excluding carboxylic acids is 1. The fourth-order valence-electron chi connectivity index (χ4n) is 3.46. The van der Waals surface area contributed by atoms with Crippen LogP contribution in [-0.2, 0) is 13.1 Å². The molecule has 0 unspecified atom stereocenters. The number of nitrogens with zero attached hydrogens (tertiary/aromatic N) is 4. The molecule has 0 aliphatic rings. The van der Waals surface area contributed by atoms with Gasteiger partial charge in [-0.25, -0.2) is 14.8 Å². The van der Waals surface area contributed by atoms with Crippen molar-refractivity contribution < 1.29 is 4.79 Å². The van der Waals surface area contributed by atoms with Crippen LogP contribution in [0.4, 0.5) is 4.79 Å². The number of fused-ring (bicyclic) bond motifs is 2. The molecule has 2 aromatic heterocycles. The van der Waals surface area contributed by atoms with Gasteiger partial charge in [-0.2, -0.15) is 0 Å². The van der Waals surface area contributed by atoms with E-state index in [0.717, 1.165) is 24.0 Å². The predicted molar refractivity (Wildman–Crippen MR) is 116 cm³/mol. The van der Waals surface area contributed by atoms with Gasteiger partial charge in [0.2, 0.25) is 0 Å². The number of imidazole rings is 1. The molecule has 30 heavy (non-hydrogen) atoms. The Labute approximate surface area is 173 Å². The van der Waals surface area contributed by atoms with Crippen LogP contribution in [0.15, 0.2) is 59.7 Å². The maximum atomic E-state index is 12.6. The minimum Gasteiger partial charge on any atom is -0.338 e. The molecule has 0 atom stereocenters. The molecule has 2 N–H and O–H groups in total. The highest BCUT2D eigenvalue weighted by Crippen LogP contribution is 2.12. The minimum atomic E-state index is -0.195. The van der Waals surface area contributed by atoms with Gasteiger partial charge in [-0.1, -0.05) is 24.3 Å². The van der Waals surface area contributed by atoms with Crippen LogP contribution in [-0.4, -0.2) is 43.5 Å². The average molecular weight is 404 g/mol. The number of H-pyrrole nitrogens is 1. The zero-order valence-corrected chi connectivity index (χ0v) is 16.8. The van der Waals surface area contributed by atoms with Gasteiger partial charge >= 0.3 is 6.03 Å². The fraction of sp³-hybridized carbons (Fsp3) is 0.273. The van der Waals surface area contributed by atoms with E-state index >= 15 is 0 Å². The molecule has 8 heteroatoms. The van der Waals surface area contributed by atoms with E-state index in [-0.39, 0.29) is 18.1 Å². The zero-order chi connectivity index (χ0) is 20.9. The molecule has 0 aliphatic carbocycles. The first-order valence-electron chi connectivity index (χ1n) is 10.1. The third kappa shape index (κ3) is 4.17. The number of benzene rings is 2. The maximum Gasteiger partial charge on any atom is 0.317 e. The molecule has 2 amide bonds. The quantitative estimate of drug-likeness (QED) is 0.463. The van der Waals surface area contributed by atoms with Crippen molar-refractivity contribution in [2.24, 2.45) is 0 Å². The lowest BCUT2D eigenvalue weighted by atomic mass is 10.2. The van der Waals surface area contributed by atoms with Crippen molar-refractivity contribution in [3.8, 4) is 0 Å². The largest absolute Gasteiger partial charge is 0.338 e. The van der Waals surface area contributed by atoms with Gasteiger partial charge in [-0.3, -0.25) is 4.79 Å². The summed E-state index contributed by atoms with van der Waals surface area (Å²) in [4.78, 5) is 38.1. The summed E-state index contributed by atoms with van der Waals surface area (Å²) in [5, 5.41) is 3.49. The molecule has 0 fully saturated rings. The van der Waals surface area contributed by atoms with Crippen LogP contribution >= 0.6 is 0 Å². The standard InChI is InChI=1S/C22H24N6O2/c1-2-27(14-20-25-17-9-4-3-8-16(17)21(29)26-20)22(30)23-12-7-13-28-15-24-18-10-5-6-11-19(18)28/h3-6,8-11,15H,2,7,12-14H2,1H3,(H,23,30)(H,25,26,29). The highest BCUT2D eigenvalue weighted by atomic mass is 16.2. The van der Waals surface area contributed by atoms with E-state index < -0.39 is 0 Å². The van der Waals surface area contributed by atoms with Crippen LogP contribution in [0.2, 0.25) is 0 Å². The van der Waals surface area contributed by atoms with Crippen molar-refractivity contribution in [3.63, 3.8) is 0 Å². The molecular weight excluding hydrogens is 380 g/mol. The topological polar surface area (TPSA) is 95.9 Å². The summed E-state index contributed by atoms with van der Waals surface area (Å²) in [7, 11) is 0. The Hall–Kier alpha value is -3.68. The molecule has 0 aliphatic heterocycles.